The van der Waals surface area contributed by atoms with E-state index < -0.39 is 0 Å². The summed E-state index contributed by atoms with van der Waals surface area (Å²) in [4.78, 5) is 0. The van der Waals surface area contributed by atoms with Crippen LogP contribution in [0.25, 0.3) is 5.57 Å². The molecule has 0 saturated carbocycles. The van der Waals surface area contributed by atoms with Crippen LogP contribution in [-0.2, 0) is 0 Å². The van der Waals surface area contributed by atoms with Crippen molar-refractivity contribution in [3.8, 4) is 0 Å². The molecule has 0 aromatic heterocycles. The lowest BCUT2D eigenvalue weighted by atomic mass is 9.93. The number of hydrogen-bond acceptors (Lipinski definition) is 0. The molecule has 0 atom stereocenters. The molecule has 0 saturated heterocycles. The first-order chi connectivity index (χ1) is 11.3. The van der Waals surface area contributed by atoms with Gasteiger partial charge in [0.15, 0.2) is 0 Å². The molecule has 0 amide bonds. The third kappa shape index (κ3) is 4.43. The molecular formula is C23H24. The maximum Gasteiger partial charge on any atom is -0.00388 e. The molecule has 0 spiro atoms. The van der Waals surface area contributed by atoms with E-state index in [4.69, 9.17) is 0 Å². The van der Waals surface area contributed by atoms with Crippen molar-refractivity contribution >= 4 is 5.57 Å². The van der Waals surface area contributed by atoms with Crippen LogP contribution >= 0.6 is 0 Å². The van der Waals surface area contributed by atoms with Crippen LogP contribution in [0.5, 0.6) is 0 Å². The summed E-state index contributed by atoms with van der Waals surface area (Å²) in [5.74, 6) is 0. The second-order valence-corrected chi connectivity index (χ2v) is 5.38. The predicted octanol–water partition coefficient (Wildman–Crippen LogP) is 6.59. The fourth-order valence-electron chi connectivity index (χ4n) is 2.58. The molecule has 1 aliphatic rings. The van der Waals surface area contributed by atoms with E-state index in [0.29, 0.717) is 0 Å². The summed E-state index contributed by atoms with van der Waals surface area (Å²) in [7, 11) is 0. The molecule has 23 heavy (non-hydrogen) atoms. The lowest BCUT2D eigenvalue weighted by Crippen LogP contribution is -1.90. The minimum Gasteiger partial charge on any atom is -0.103 e. The smallest absolute Gasteiger partial charge is 0.00388 e. The van der Waals surface area contributed by atoms with Crippen LogP contribution in [0.1, 0.15) is 31.4 Å². The van der Waals surface area contributed by atoms with Crippen molar-refractivity contribution in [2.75, 3.05) is 0 Å². The summed E-state index contributed by atoms with van der Waals surface area (Å²) in [6.45, 7) is 7.45. The fraction of sp³-hybridized carbons (Fsp3) is 0.130. The molecular weight excluding hydrogens is 276 g/mol. The summed E-state index contributed by atoms with van der Waals surface area (Å²) >= 11 is 0. The third-order valence-electron chi connectivity index (χ3n) is 3.64. The van der Waals surface area contributed by atoms with Gasteiger partial charge in [-0.2, -0.15) is 0 Å². The van der Waals surface area contributed by atoms with Gasteiger partial charge in [0.05, 0.1) is 0 Å². The largest absolute Gasteiger partial charge is 0.103 e. The van der Waals surface area contributed by atoms with Crippen molar-refractivity contribution < 1.29 is 0 Å². The highest BCUT2D eigenvalue weighted by Crippen LogP contribution is 2.31. The van der Waals surface area contributed by atoms with Crippen molar-refractivity contribution in [3.63, 3.8) is 0 Å². The summed E-state index contributed by atoms with van der Waals surface area (Å²) in [5, 5.41) is 0. The molecule has 1 aliphatic carbocycles. The molecule has 0 heteroatoms. The second kappa shape index (κ2) is 8.75. The molecule has 0 unspecified atom stereocenters. The van der Waals surface area contributed by atoms with Crippen LogP contribution in [0.15, 0.2) is 103 Å². The highest BCUT2D eigenvalue weighted by Gasteiger charge is 2.11. The van der Waals surface area contributed by atoms with Gasteiger partial charge in [0.25, 0.3) is 0 Å². The molecule has 0 aliphatic heterocycles. The van der Waals surface area contributed by atoms with Gasteiger partial charge in [-0.15, -0.1) is 6.58 Å². The molecule has 0 radical (unpaired) electrons. The maximum absolute atomic E-state index is 3.36. The van der Waals surface area contributed by atoms with Crippen molar-refractivity contribution in [1.82, 2.24) is 0 Å². The summed E-state index contributed by atoms with van der Waals surface area (Å²) in [6.07, 6.45) is 9.58. The zero-order chi connectivity index (χ0) is 16.5. The molecule has 0 fully saturated rings. The van der Waals surface area contributed by atoms with E-state index in [9.17, 15) is 0 Å². The summed E-state index contributed by atoms with van der Waals surface area (Å²) in [6, 6.07) is 21.3. The number of allylic oxidation sites excluding steroid dienone is 6. The summed E-state index contributed by atoms with van der Waals surface area (Å²) < 4.78 is 0. The molecule has 116 valence electrons. The predicted molar refractivity (Wildman–Crippen MR) is 102 cm³/mol. The van der Waals surface area contributed by atoms with Crippen molar-refractivity contribution in [2.24, 2.45) is 0 Å². The van der Waals surface area contributed by atoms with Gasteiger partial charge in [0, 0.05) is 0 Å². The first kappa shape index (κ1) is 16.8. The van der Waals surface area contributed by atoms with Gasteiger partial charge in [-0.05, 0) is 41.2 Å². The Morgan fingerprint density at radius 2 is 1.35 bits per heavy atom. The van der Waals surface area contributed by atoms with Crippen LogP contribution in [-0.4, -0.2) is 0 Å². The minimum atomic E-state index is 1.08. The van der Waals surface area contributed by atoms with Crippen LogP contribution in [0, 0.1) is 0 Å². The highest BCUT2D eigenvalue weighted by atomic mass is 14.2. The normalized spacial score (nSPS) is 12.3. The van der Waals surface area contributed by atoms with Crippen LogP contribution in [0.2, 0.25) is 0 Å². The average molecular weight is 300 g/mol. The zero-order valence-corrected chi connectivity index (χ0v) is 14.0. The van der Waals surface area contributed by atoms with Gasteiger partial charge in [0.2, 0.25) is 0 Å². The highest BCUT2D eigenvalue weighted by molar-refractivity contribution is 5.86. The lowest BCUT2D eigenvalue weighted by Gasteiger charge is -2.11. The Hall–Kier alpha value is -2.60. The maximum atomic E-state index is 3.36. The molecule has 0 nitrogen and oxygen atoms in total. The number of hydrogen-bond donors (Lipinski definition) is 0. The first-order valence-corrected chi connectivity index (χ1v) is 8.11. The molecule has 0 N–H and O–H groups in total. The van der Waals surface area contributed by atoms with Crippen LogP contribution in [0.4, 0.5) is 0 Å². The van der Waals surface area contributed by atoms with E-state index in [1.54, 1.807) is 6.08 Å². The Labute approximate surface area is 140 Å². The van der Waals surface area contributed by atoms with Crippen molar-refractivity contribution in [2.45, 2.75) is 20.3 Å². The quantitative estimate of drug-likeness (QED) is 0.561. The van der Waals surface area contributed by atoms with Gasteiger partial charge in [0.1, 0.15) is 0 Å². The average Bonchev–Trinajstić information content (AvgIpc) is 3.06. The molecule has 3 rings (SSSR count). The van der Waals surface area contributed by atoms with E-state index in [-0.39, 0.29) is 0 Å². The van der Waals surface area contributed by atoms with E-state index in [0.717, 1.165) is 6.42 Å². The summed E-state index contributed by atoms with van der Waals surface area (Å²) in [5.41, 5.74) is 6.55. The number of rotatable bonds is 3. The molecule has 0 bridgehead atoms. The third-order valence-corrected chi connectivity index (χ3v) is 3.64. The Morgan fingerprint density at radius 3 is 1.74 bits per heavy atom. The fourth-order valence-corrected chi connectivity index (χ4v) is 2.58. The molecule has 2 aromatic carbocycles. The van der Waals surface area contributed by atoms with Gasteiger partial charge >= 0.3 is 0 Å². The van der Waals surface area contributed by atoms with E-state index in [1.807, 2.05) is 6.92 Å². The van der Waals surface area contributed by atoms with E-state index >= 15 is 0 Å². The van der Waals surface area contributed by atoms with E-state index in [2.05, 4.69) is 92.4 Å². The van der Waals surface area contributed by atoms with Gasteiger partial charge in [-0.3, -0.25) is 0 Å². The van der Waals surface area contributed by atoms with Crippen molar-refractivity contribution in [3.05, 3.63) is 114 Å². The minimum absolute atomic E-state index is 1.08. The first-order valence-electron chi connectivity index (χ1n) is 8.11. The molecule has 2 aromatic rings. The zero-order valence-electron chi connectivity index (χ0n) is 14.0. The van der Waals surface area contributed by atoms with Crippen LogP contribution < -0.4 is 0 Å². The lowest BCUT2D eigenvalue weighted by molar-refractivity contribution is 1.16. The monoisotopic (exact) mass is 300 g/mol. The Balaban J connectivity index is 0.000000595. The number of benzene rings is 2. The van der Waals surface area contributed by atoms with Gasteiger partial charge in [-0.25, -0.2) is 0 Å². The van der Waals surface area contributed by atoms with E-state index in [1.165, 1.54) is 27.8 Å². The van der Waals surface area contributed by atoms with Gasteiger partial charge in [-0.1, -0.05) is 91.9 Å². The van der Waals surface area contributed by atoms with Gasteiger partial charge < -0.3 is 0 Å². The Bertz CT molecular complexity index is 672. The van der Waals surface area contributed by atoms with Crippen molar-refractivity contribution in [1.29, 1.82) is 0 Å². The Kier molecular flexibility index (Phi) is 6.38. The van der Waals surface area contributed by atoms with Crippen LogP contribution in [0.3, 0.4) is 0 Å². The second-order valence-electron chi connectivity index (χ2n) is 5.38. The Morgan fingerprint density at radius 1 is 0.870 bits per heavy atom. The SMILES string of the molecule is C=CC.CCC1=CC(=C(c2ccccc2)c2ccccc2)C=C1. The standard InChI is InChI=1S/C20H18.C3H6/c1-2-16-13-14-19(15-16)20(17-9-5-3-6-10-17)18-11-7-4-8-12-18;1-3-2/h3-15H,2H2,1H3;3H,1H2,2H3. The molecule has 0 heterocycles. The topological polar surface area (TPSA) is 0 Å².